The van der Waals surface area contributed by atoms with Crippen LogP contribution in [0.1, 0.15) is 33.0 Å². The zero-order valence-corrected chi connectivity index (χ0v) is 9.31. The van der Waals surface area contributed by atoms with Crippen LogP contribution in [0.25, 0.3) is 0 Å². The number of esters is 1. The van der Waals surface area contributed by atoms with Crippen LogP contribution in [-0.2, 0) is 17.6 Å². The van der Waals surface area contributed by atoms with E-state index in [0.29, 0.717) is 4.88 Å². The van der Waals surface area contributed by atoms with E-state index in [0.717, 1.165) is 12.8 Å². The first-order valence-corrected chi connectivity index (χ1v) is 6.02. The fourth-order valence-corrected chi connectivity index (χ4v) is 2.95. The third-order valence-corrected chi connectivity index (χ3v) is 3.74. The van der Waals surface area contributed by atoms with E-state index < -0.39 is 0 Å². The number of ether oxygens (including phenoxy) is 1. The molecule has 2 rings (SSSR count). The van der Waals surface area contributed by atoms with Gasteiger partial charge >= 0.3 is 5.97 Å². The fraction of sp³-hybridized carbons (Fsp3) is 0.545. The third-order valence-electron chi connectivity index (χ3n) is 2.52. The van der Waals surface area contributed by atoms with Crippen LogP contribution in [-0.4, -0.2) is 24.3 Å². The second kappa shape index (κ2) is 4.77. The molecule has 1 aromatic heterocycles. The third kappa shape index (κ3) is 2.38. The lowest BCUT2D eigenvalue weighted by atomic mass is 9.99. The van der Waals surface area contributed by atoms with Crippen LogP contribution in [0.5, 0.6) is 0 Å². The number of carbonyl (C=O) groups is 1. The number of hydrogen-bond acceptors (Lipinski definition) is 4. The largest absolute Gasteiger partial charge is 0.459 e. The van der Waals surface area contributed by atoms with E-state index in [2.05, 4.69) is 0 Å². The van der Waals surface area contributed by atoms with Gasteiger partial charge < -0.3 is 9.84 Å². The standard InChI is InChI=1S/C11H14O3S/c12-5-6-14-11(13)10-7-8-3-1-2-4-9(8)15-10/h7,12H,1-6H2. The lowest BCUT2D eigenvalue weighted by molar-refractivity contribution is 0.0439. The minimum atomic E-state index is -0.302. The second-order valence-corrected chi connectivity index (χ2v) is 4.76. The first-order valence-electron chi connectivity index (χ1n) is 5.21. The van der Waals surface area contributed by atoms with Gasteiger partial charge in [-0.2, -0.15) is 0 Å². The van der Waals surface area contributed by atoms with E-state index in [4.69, 9.17) is 9.84 Å². The van der Waals surface area contributed by atoms with E-state index in [1.54, 1.807) is 0 Å². The van der Waals surface area contributed by atoms with Crippen molar-refractivity contribution in [2.24, 2.45) is 0 Å². The van der Waals surface area contributed by atoms with Crippen LogP contribution < -0.4 is 0 Å². The number of aliphatic hydroxyl groups is 1. The highest BCUT2D eigenvalue weighted by molar-refractivity contribution is 7.14. The number of carbonyl (C=O) groups excluding carboxylic acids is 1. The average molecular weight is 226 g/mol. The molecule has 0 spiro atoms. The van der Waals surface area contributed by atoms with Crippen molar-refractivity contribution in [1.29, 1.82) is 0 Å². The average Bonchev–Trinajstić information content (AvgIpc) is 2.69. The Morgan fingerprint density at radius 2 is 2.27 bits per heavy atom. The van der Waals surface area contributed by atoms with E-state index in [1.807, 2.05) is 6.07 Å². The van der Waals surface area contributed by atoms with Crippen LogP contribution in [0.2, 0.25) is 0 Å². The molecule has 0 aromatic carbocycles. The molecule has 0 atom stereocenters. The Balaban J connectivity index is 2.08. The van der Waals surface area contributed by atoms with Gasteiger partial charge in [0.15, 0.2) is 0 Å². The number of aryl methyl sites for hydroxylation is 2. The van der Waals surface area contributed by atoms with Crippen LogP contribution in [0.3, 0.4) is 0 Å². The molecule has 3 nitrogen and oxygen atoms in total. The van der Waals surface area contributed by atoms with Crippen molar-refractivity contribution >= 4 is 17.3 Å². The highest BCUT2D eigenvalue weighted by Crippen LogP contribution is 2.29. The summed E-state index contributed by atoms with van der Waals surface area (Å²) in [4.78, 5) is 13.5. The molecular formula is C11H14O3S. The Hall–Kier alpha value is -0.870. The van der Waals surface area contributed by atoms with Gasteiger partial charge in [-0.05, 0) is 37.3 Å². The number of thiophene rings is 1. The molecule has 1 aromatic rings. The first kappa shape index (κ1) is 10.6. The van der Waals surface area contributed by atoms with Gasteiger partial charge in [0.2, 0.25) is 0 Å². The summed E-state index contributed by atoms with van der Waals surface area (Å²) in [7, 11) is 0. The fourth-order valence-electron chi connectivity index (χ4n) is 1.80. The second-order valence-electron chi connectivity index (χ2n) is 3.63. The molecule has 0 amide bonds. The summed E-state index contributed by atoms with van der Waals surface area (Å²) in [5.74, 6) is -0.302. The summed E-state index contributed by atoms with van der Waals surface area (Å²) in [6.07, 6.45) is 4.61. The highest BCUT2D eigenvalue weighted by atomic mass is 32.1. The summed E-state index contributed by atoms with van der Waals surface area (Å²) in [5, 5.41) is 8.55. The molecular weight excluding hydrogens is 212 g/mol. The van der Waals surface area contributed by atoms with Gasteiger partial charge in [-0.25, -0.2) is 4.79 Å². The topological polar surface area (TPSA) is 46.5 Å². The van der Waals surface area contributed by atoms with Gasteiger partial charge in [0.25, 0.3) is 0 Å². The lowest BCUT2D eigenvalue weighted by Gasteiger charge is -2.08. The van der Waals surface area contributed by atoms with Gasteiger partial charge in [-0.3, -0.25) is 0 Å². The van der Waals surface area contributed by atoms with Crippen LogP contribution in [0.15, 0.2) is 6.07 Å². The quantitative estimate of drug-likeness (QED) is 0.799. The Labute approximate surface area is 92.7 Å². The summed E-state index contributed by atoms with van der Waals surface area (Å²) < 4.78 is 4.88. The van der Waals surface area contributed by atoms with Gasteiger partial charge in [-0.15, -0.1) is 11.3 Å². The van der Waals surface area contributed by atoms with Crippen molar-refractivity contribution in [3.05, 3.63) is 21.4 Å². The van der Waals surface area contributed by atoms with Crippen molar-refractivity contribution in [3.8, 4) is 0 Å². The molecule has 0 unspecified atom stereocenters. The molecule has 0 fully saturated rings. The predicted molar refractivity (Wildman–Crippen MR) is 58.3 cm³/mol. The zero-order chi connectivity index (χ0) is 10.7. The van der Waals surface area contributed by atoms with Crippen LogP contribution in [0, 0.1) is 0 Å². The number of rotatable bonds is 3. The van der Waals surface area contributed by atoms with Crippen molar-refractivity contribution in [2.75, 3.05) is 13.2 Å². The molecule has 82 valence electrons. The van der Waals surface area contributed by atoms with E-state index in [-0.39, 0.29) is 19.2 Å². The maximum absolute atomic E-state index is 11.5. The van der Waals surface area contributed by atoms with Crippen molar-refractivity contribution < 1.29 is 14.6 Å². The molecule has 0 aliphatic heterocycles. The molecule has 1 heterocycles. The molecule has 0 radical (unpaired) electrons. The maximum Gasteiger partial charge on any atom is 0.348 e. The number of fused-ring (bicyclic) bond motifs is 1. The molecule has 0 bridgehead atoms. The molecule has 4 heteroatoms. The Morgan fingerprint density at radius 1 is 1.47 bits per heavy atom. The van der Waals surface area contributed by atoms with E-state index >= 15 is 0 Å². The minimum absolute atomic E-state index is 0.0847. The smallest absolute Gasteiger partial charge is 0.348 e. The normalized spacial score (nSPS) is 14.7. The first-order chi connectivity index (χ1) is 7.31. The summed E-state index contributed by atoms with van der Waals surface area (Å²) in [6.45, 7) is -0.0295. The van der Waals surface area contributed by atoms with Crippen molar-refractivity contribution in [1.82, 2.24) is 0 Å². The van der Waals surface area contributed by atoms with Crippen LogP contribution >= 0.6 is 11.3 Å². The monoisotopic (exact) mass is 226 g/mol. The molecule has 0 saturated carbocycles. The SMILES string of the molecule is O=C(OCCO)c1cc2c(s1)CCCC2. The molecule has 0 saturated heterocycles. The van der Waals surface area contributed by atoms with Gasteiger partial charge in [-0.1, -0.05) is 0 Å². The maximum atomic E-state index is 11.5. The summed E-state index contributed by atoms with van der Waals surface area (Å²) in [5.41, 5.74) is 1.31. The van der Waals surface area contributed by atoms with E-state index in [9.17, 15) is 4.79 Å². The molecule has 15 heavy (non-hydrogen) atoms. The minimum Gasteiger partial charge on any atom is -0.459 e. The molecule has 1 aliphatic rings. The molecule has 1 N–H and O–H groups in total. The Kier molecular flexibility index (Phi) is 3.38. The Morgan fingerprint density at radius 3 is 3.00 bits per heavy atom. The van der Waals surface area contributed by atoms with Gasteiger partial charge in [0.1, 0.15) is 11.5 Å². The van der Waals surface area contributed by atoms with E-state index in [1.165, 1.54) is 34.6 Å². The van der Waals surface area contributed by atoms with Crippen LogP contribution in [0.4, 0.5) is 0 Å². The molecule has 1 aliphatic carbocycles. The lowest BCUT2D eigenvalue weighted by Crippen LogP contribution is -2.06. The van der Waals surface area contributed by atoms with Crippen molar-refractivity contribution in [3.63, 3.8) is 0 Å². The zero-order valence-electron chi connectivity index (χ0n) is 8.49. The Bertz CT molecular complexity index is 333. The number of aliphatic hydroxyl groups excluding tert-OH is 1. The summed E-state index contributed by atoms with van der Waals surface area (Å²) >= 11 is 1.54. The van der Waals surface area contributed by atoms with Crippen molar-refractivity contribution in [2.45, 2.75) is 25.7 Å². The predicted octanol–water partition coefficient (Wildman–Crippen LogP) is 1.78. The van der Waals surface area contributed by atoms with Gasteiger partial charge in [0, 0.05) is 4.88 Å². The summed E-state index contributed by atoms with van der Waals surface area (Å²) in [6, 6.07) is 1.94. The number of hydrogen-bond donors (Lipinski definition) is 1. The highest BCUT2D eigenvalue weighted by Gasteiger charge is 2.17. The van der Waals surface area contributed by atoms with Gasteiger partial charge in [0.05, 0.1) is 6.61 Å².